The highest BCUT2D eigenvalue weighted by molar-refractivity contribution is 5.90. The maximum atomic E-state index is 13.7. The molecule has 0 bridgehead atoms. The standard InChI is InChI=1S/C21H22FN3O4/c22-16-10-4-5-11-17(16)23-21(29)25-12-6-9-15(13-25)19(26)24-18(20(27)28)14-7-2-1-3-8-14/h1-5,7-8,10-11,15,18H,6,9,12-13H2,(H,23,29)(H,24,26)(H,27,28)/t15?,18-/m1/s1. The maximum absolute atomic E-state index is 13.7. The number of anilines is 1. The van der Waals surface area contributed by atoms with Crippen LogP contribution in [0.2, 0.25) is 0 Å². The van der Waals surface area contributed by atoms with Crippen molar-refractivity contribution in [2.24, 2.45) is 5.92 Å². The molecule has 0 spiro atoms. The zero-order valence-corrected chi connectivity index (χ0v) is 15.7. The number of likely N-dealkylation sites (tertiary alicyclic amines) is 1. The predicted octanol–water partition coefficient (Wildman–Crippen LogP) is 3.01. The zero-order chi connectivity index (χ0) is 20.8. The molecule has 0 saturated carbocycles. The van der Waals surface area contributed by atoms with E-state index in [2.05, 4.69) is 10.6 Å². The molecule has 0 radical (unpaired) electrons. The van der Waals surface area contributed by atoms with Crippen LogP contribution in [-0.4, -0.2) is 41.0 Å². The van der Waals surface area contributed by atoms with Gasteiger partial charge in [-0.2, -0.15) is 0 Å². The second-order valence-electron chi connectivity index (χ2n) is 6.89. The van der Waals surface area contributed by atoms with E-state index >= 15 is 0 Å². The predicted molar refractivity (Wildman–Crippen MR) is 105 cm³/mol. The van der Waals surface area contributed by atoms with Gasteiger partial charge in [-0.05, 0) is 30.5 Å². The first-order chi connectivity index (χ1) is 14.0. The lowest BCUT2D eigenvalue weighted by molar-refractivity contribution is -0.143. The van der Waals surface area contributed by atoms with E-state index in [1.807, 2.05) is 0 Å². The summed E-state index contributed by atoms with van der Waals surface area (Å²) in [5.74, 6) is -2.67. The third-order valence-corrected chi connectivity index (χ3v) is 4.86. The fourth-order valence-corrected chi connectivity index (χ4v) is 3.33. The molecule has 3 rings (SSSR count). The number of hydrogen-bond acceptors (Lipinski definition) is 3. The zero-order valence-electron chi connectivity index (χ0n) is 15.7. The van der Waals surface area contributed by atoms with Gasteiger partial charge in [0.1, 0.15) is 5.82 Å². The average molecular weight is 399 g/mol. The van der Waals surface area contributed by atoms with Crippen molar-refractivity contribution in [3.63, 3.8) is 0 Å². The number of carbonyl (C=O) groups is 3. The van der Waals surface area contributed by atoms with Gasteiger partial charge < -0.3 is 20.6 Å². The van der Waals surface area contributed by atoms with Gasteiger partial charge in [-0.3, -0.25) is 4.79 Å². The van der Waals surface area contributed by atoms with Crippen LogP contribution in [0.3, 0.4) is 0 Å². The fourth-order valence-electron chi connectivity index (χ4n) is 3.33. The summed E-state index contributed by atoms with van der Waals surface area (Å²) >= 11 is 0. The van der Waals surface area contributed by atoms with Crippen molar-refractivity contribution in [2.75, 3.05) is 18.4 Å². The number of carbonyl (C=O) groups excluding carboxylic acids is 2. The maximum Gasteiger partial charge on any atom is 0.330 e. The van der Waals surface area contributed by atoms with Gasteiger partial charge in [0.15, 0.2) is 6.04 Å². The van der Waals surface area contributed by atoms with Crippen LogP contribution in [0, 0.1) is 11.7 Å². The normalized spacial score (nSPS) is 17.3. The van der Waals surface area contributed by atoms with Crippen molar-refractivity contribution in [1.82, 2.24) is 10.2 Å². The lowest BCUT2D eigenvalue weighted by Gasteiger charge is -2.32. The number of rotatable bonds is 5. The van der Waals surface area contributed by atoms with Crippen molar-refractivity contribution in [2.45, 2.75) is 18.9 Å². The minimum absolute atomic E-state index is 0.0686. The van der Waals surface area contributed by atoms with Crippen molar-refractivity contribution in [3.05, 3.63) is 66.0 Å². The quantitative estimate of drug-likeness (QED) is 0.720. The molecule has 1 fully saturated rings. The van der Waals surface area contributed by atoms with Gasteiger partial charge in [-0.25, -0.2) is 14.0 Å². The molecule has 0 aliphatic carbocycles. The average Bonchev–Trinajstić information content (AvgIpc) is 2.74. The van der Waals surface area contributed by atoms with Crippen LogP contribution in [0.4, 0.5) is 14.9 Å². The third kappa shape index (κ3) is 5.10. The van der Waals surface area contributed by atoms with Gasteiger partial charge in [-0.1, -0.05) is 42.5 Å². The monoisotopic (exact) mass is 399 g/mol. The summed E-state index contributed by atoms with van der Waals surface area (Å²) in [6.07, 6.45) is 1.13. The number of halogens is 1. The molecular weight excluding hydrogens is 377 g/mol. The number of carboxylic acids is 1. The summed E-state index contributed by atoms with van der Waals surface area (Å²) < 4.78 is 13.7. The molecule has 29 heavy (non-hydrogen) atoms. The number of nitrogens with one attached hydrogen (secondary N) is 2. The molecule has 1 saturated heterocycles. The van der Waals surface area contributed by atoms with Crippen molar-refractivity contribution >= 4 is 23.6 Å². The Kier molecular flexibility index (Phi) is 6.43. The number of nitrogens with zero attached hydrogens (tertiary/aromatic N) is 1. The molecule has 2 atom stereocenters. The van der Waals surface area contributed by atoms with E-state index in [0.717, 1.165) is 0 Å². The minimum atomic E-state index is -1.16. The number of amides is 3. The van der Waals surface area contributed by atoms with Crippen molar-refractivity contribution < 1.29 is 23.9 Å². The Hall–Kier alpha value is -3.42. The Bertz CT molecular complexity index is 891. The Labute approximate surface area is 167 Å². The molecule has 152 valence electrons. The van der Waals surface area contributed by atoms with Crippen molar-refractivity contribution in [1.29, 1.82) is 0 Å². The molecule has 3 N–H and O–H groups in total. The highest BCUT2D eigenvalue weighted by atomic mass is 19.1. The molecule has 7 nitrogen and oxygen atoms in total. The molecule has 1 heterocycles. The topological polar surface area (TPSA) is 98.7 Å². The fraction of sp³-hybridized carbons (Fsp3) is 0.286. The van der Waals surface area contributed by atoms with Crippen molar-refractivity contribution in [3.8, 4) is 0 Å². The molecule has 1 unspecified atom stereocenters. The summed E-state index contributed by atoms with van der Waals surface area (Å²) in [4.78, 5) is 38.2. The van der Waals surface area contributed by atoms with Gasteiger partial charge in [0, 0.05) is 13.1 Å². The largest absolute Gasteiger partial charge is 0.479 e. The Morgan fingerprint density at radius 3 is 2.45 bits per heavy atom. The first-order valence-electron chi connectivity index (χ1n) is 9.34. The lowest BCUT2D eigenvalue weighted by Crippen LogP contribution is -2.48. The number of carboxylic acid groups (broad SMARTS) is 1. The third-order valence-electron chi connectivity index (χ3n) is 4.86. The smallest absolute Gasteiger partial charge is 0.330 e. The number of piperidine rings is 1. The van der Waals surface area contributed by atoms with Gasteiger partial charge >= 0.3 is 12.0 Å². The summed E-state index contributed by atoms with van der Waals surface area (Å²) in [7, 11) is 0. The SMILES string of the molecule is O=C(N[C@@H](C(=O)O)c1ccccc1)C1CCCN(C(=O)Nc2ccccc2F)C1. The molecule has 2 aromatic rings. The Morgan fingerprint density at radius 1 is 1.07 bits per heavy atom. The second-order valence-corrected chi connectivity index (χ2v) is 6.89. The van der Waals surface area contributed by atoms with Crippen LogP contribution in [-0.2, 0) is 9.59 Å². The highest BCUT2D eigenvalue weighted by Crippen LogP contribution is 2.21. The van der Waals surface area contributed by atoms with Crippen LogP contribution in [0.25, 0.3) is 0 Å². The van der Waals surface area contributed by atoms with Gasteiger partial charge in [-0.15, -0.1) is 0 Å². The summed E-state index contributed by atoms with van der Waals surface area (Å²) in [6, 6.07) is 12.6. The second kappa shape index (κ2) is 9.18. The van der Waals surface area contributed by atoms with Crippen LogP contribution < -0.4 is 10.6 Å². The first kappa shape index (κ1) is 20.3. The number of para-hydroxylation sites is 1. The van der Waals surface area contributed by atoms with E-state index in [-0.39, 0.29) is 12.2 Å². The van der Waals surface area contributed by atoms with Gasteiger partial charge in [0.2, 0.25) is 5.91 Å². The number of benzene rings is 2. The van der Waals surface area contributed by atoms with E-state index in [1.165, 1.54) is 23.1 Å². The molecule has 8 heteroatoms. The molecule has 3 amide bonds. The van der Waals surface area contributed by atoms with E-state index in [4.69, 9.17) is 0 Å². The highest BCUT2D eigenvalue weighted by Gasteiger charge is 2.31. The van der Waals surface area contributed by atoms with Crippen LogP contribution in [0.15, 0.2) is 54.6 Å². The van der Waals surface area contributed by atoms with E-state index in [1.54, 1.807) is 36.4 Å². The van der Waals surface area contributed by atoms with Crippen LogP contribution in [0.5, 0.6) is 0 Å². The Morgan fingerprint density at radius 2 is 1.76 bits per heavy atom. The molecule has 1 aliphatic heterocycles. The number of aliphatic carboxylic acids is 1. The first-order valence-corrected chi connectivity index (χ1v) is 9.34. The summed E-state index contributed by atoms with van der Waals surface area (Å²) in [5.41, 5.74) is 0.539. The lowest BCUT2D eigenvalue weighted by atomic mass is 9.96. The van der Waals surface area contributed by atoms with E-state index in [0.29, 0.717) is 24.9 Å². The van der Waals surface area contributed by atoms with Gasteiger partial charge in [0.25, 0.3) is 0 Å². The number of urea groups is 1. The molecular formula is C21H22FN3O4. The minimum Gasteiger partial charge on any atom is -0.479 e. The molecule has 2 aromatic carbocycles. The van der Waals surface area contributed by atoms with Crippen LogP contribution in [0.1, 0.15) is 24.4 Å². The van der Waals surface area contributed by atoms with E-state index in [9.17, 15) is 23.9 Å². The summed E-state index contributed by atoms with van der Waals surface area (Å²) in [6.45, 7) is 0.568. The Balaban J connectivity index is 1.63. The van der Waals surface area contributed by atoms with Gasteiger partial charge in [0.05, 0.1) is 11.6 Å². The number of hydrogen-bond donors (Lipinski definition) is 3. The molecule has 0 aromatic heterocycles. The van der Waals surface area contributed by atoms with Crippen LogP contribution >= 0.6 is 0 Å². The van der Waals surface area contributed by atoms with E-state index < -0.39 is 35.7 Å². The summed E-state index contributed by atoms with van der Waals surface area (Å²) in [5, 5.41) is 14.6. The molecule has 1 aliphatic rings.